The smallest absolute Gasteiger partial charge is 0.357 e. The Hall–Kier alpha value is -1.56. The number of hydrogen-bond acceptors (Lipinski definition) is 4. The molecule has 0 spiro atoms. The van der Waals surface area contributed by atoms with Crippen molar-refractivity contribution in [2.24, 2.45) is 5.92 Å². The van der Waals surface area contributed by atoms with Crippen LogP contribution in [0.3, 0.4) is 0 Å². The first-order chi connectivity index (χ1) is 7.63. The minimum atomic E-state index is -0.621. The van der Waals surface area contributed by atoms with Gasteiger partial charge in [-0.25, -0.2) is 4.79 Å². The molecule has 0 aliphatic heterocycles. The third kappa shape index (κ3) is 2.01. The highest BCUT2D eigenvalue weighted by Crippen LogP contribution is 2.31. The van der Waals surface area contributed by atoms with Crippen molar-refractivity contribution in [3.63, 3.8) is 0 Å². The maximum Gasteiger partial charge on any atom is 0.357 e. The Kier molecular flexibility index (Phi) is 2.82. The van der Waals surface area contributed by atoms with E-state index in [2.05, 4.69) is 20.3 Å². The molecule has 1 aliphatic rings. The molecule has 0 bridgehead atoms. The van der Waals surface area contributed by atoms with Gasteiger partial charge in [0, 0.05) is 5.92 Å². The van der Waals surface area contributed by atoms with Crippen molar-refractivity contribution in [3.05, 3.63) is 10.7 Å². The zero-order chi connectivity index (χ0) is 11.7. The SMILES string of the molecule is COC(=O)c1[nH]nc(NC(=O)C2CC2)c1Cl. The van der Waals surface area contributed by atoms with Crippen molar-refractivity contribution in [2.75, 3.05) is 12.4 Å². The van der Waals surface area contributed by atoms with Crippen LogP contribution in [0.25, 0.3) is 0 Å². The number of ether oxygens (including phenoxy) is 1. The van der Waals surface area contributed by atoms with Gasteiger partial charge >= 0.3 is 5.97 Å². The van der Waals surface area contributed by atoms with E-state index in [1.807, 2.05) is 0 Å². The number of aromatic nitrogens is 2. The minimum Gasteiger partial charge on any atom is -0.464 e. The molecule has 2 rings (SSSR count). The molecule has 1 aliphatic carbocycles. The fourth-order valence-electron chi connectivity index (χ4n) is 1.21. The number of amides is 1. The van der Waals surface area contributed by atoms with E-state index in [1.54, 1.807) is 0 Å². The van der Waals surface area contributed by atoms with E-state index < -0.39 is 5.97 Å². The summed E-state index contributed by atoms with van der Waals surface area (Å²) in [5, 5.41) is 8.78. The van der Waals surface area contributed by atoms with Gasteiger partial charge in [-0.3, -0.25) is 9.89 Å². The van der Waals surface area contributed by atoms with Crippen LogP contribution in [0.15, 0.2) is 0 Å². The number of methoxy groups -OCH3 is 1. The van der Waals surface area contributed by atoms with Crippen LogP contribution in [0.5, 0.6) is 0 Å². The lowest BCUT2D eigenvalue weighted by atomic mass is 10.4. The number of hydrogen-bond donors (Lipinski definition) is 2. The van der Waals surface area contributed by atoms with Gasteiger partial charge in [0.05, 0.1) is 7.11 Å². The Balaban J connectivity index is 2.13. The predicted molar refractivity (Wildman–Crippen MR) is 56.3 cm³/mol. The first-order valence-corrected chi connectivity index (χ1v) is 5.14. The lowest BCUT2D eigenvalue weighted by Gasteiger charge is -1.99. The third-order valence-corrected chi connectivity index (χ3v) is 2.65. The quantitative estimate of drug-likeness (QED) is 0.782. The lowest BCUT2D eigenvalue weighted by molar-refractivity contribution is -0.117. The monoisotopic (exact) mass is 243 g/mol. The first kappa shape index (κ1) is 10.9. The van der Waals surface area contributed by atoms with Crippen molar-refractivity contribution in [3.8, 4) is 0 Å². The van der Waals surface area contributed by atoms with Crippen LogP contribution in [0, 0.1) is 5.92 Å². The second kappa shape index (κ2) is 4.13. The zero-order valence-corrected chi connectivity index (χ0v) is 9.30. The van der Waals surface area contributed by atoms with Gasteiger partial charge in [-0.15, -0.1) is 0 Å². The summed E-state index contributed by atoms with van der Waals surface area (Å²) in [6.45, 7) is 0. The topological polar surface area (TPSA) is 84.1 Å². The summed E-state index contributed by atoms with van der Waals surface area (Å²) < 4.78 is 4.49. The number of nitrogens with one attached hydrogen (secondary N) is 2. The number of esters is 1. The van der Waals surface area contributed by atoms with E-state index >= 15 is 0 Å². The van der Waals surface area contributed by atoms with Gasteiger partial charge in [-0.05, 0) is 12.8 Å². The van der Waals surface area contributed by atoms with E-state index in [0.29, 0.717) is 0 Å². The largest absolute Gasteiger partial charge is 0.464 e. The number of carbonyl (C=O) groups is 2. The van der Waals surface area contributed by atoms with Crippen LogP contribution in [0.4, 0.5) is 5.82 Å². The van der Waals surface area contributed by atoms with Crippen molar-refractivity contribution < 1.29 is 14.3 Å². The van der Waals surface area contributed by atoms with Crippen LogP contribution in [0.2, 0.25) is 5.02 Å². The number of halogens is 1. The Morgan fingerprint density at radius 1 is 1.56 bits per heavy atom. The molecule has 1 fully saturated rings. The molecule has 0 aromatic carbocycles. The highest BCUT2D eigenvalue weighted by Gasteiger charge is 2.31. The molecule has 1 heterocycles. The van der Waals surface area contributed by atoms with Gasteiger partial charge in [0.2, 0.25) is 5.91 Å². The molecule has 0 saturated heterocycles. The van der Waals surface area contributed by atoms with Crippen molar-refractivity contribution in [1.82, 2.24) is 10.2 Å². The number of anilines is 1. The molecule has 0 unspecified atom stereocenters. The number of rotatable bonds is 3. The Labute approximate surface area is 96.3 Å². The highest BCUT2D eigenvalue weighted by molar-refractivity contribution is 6.36. The van der Waals surface area contributed by atoms with Gasteiger partial charge in [0.15, 0.2) is 11.5 Å². The van der Waals surface area contributed by atoms with Gasteiger partial charge in [-0.1, -0.05) is 11.6 Å². The third-order valence-electron chi connectivity index (χ3n) is 2.29. The van der Waals surface area contributed by atoms with E-state index in [1.165, 1.54) is 7.11 Å². The summed E-state index contributed by atoms with van der Waals surface area (Å²) in [4.78, 5) is 22.6. The van der Waals surface area contributed by atoms with Crippen LogP contribution < -0.4 is 5.32 Å². The number of nitrogens with zero attached hydrogens (tertiary/aromatic N) is 1. The molecule has 1 aromatic rings. The van der Waals surface area contributed by atoms with Gasteiger partial charge in [0.25, 0.3) is 0 Å². The van der Waals surface area contributed by atoms with Crippen molar-refractivity contribution in [1.29, 1.82) is 0 Å². The molecule has 1 amide bonds. The maximum absolute atomic E-state index is 11.4. The molecule has 1 aromatic heterocycles. The summed E-state index contributed by atoms with van der Waals surface area (Å²) in [7, 11) is 1.24. The van der Waals surface area contributed by atoms with E-state index in [4.69, 9.17) is 11.6 Å². The highest BCUT2D eigenvalue weighted by atomic mass is 35.5. The molecule has 2 N–H and O–H groups in total. The van der Waals surface area contributed by atoms with E-state index in [9.17, 15) is 9.59 Å². The average molecular weight is 244 g/mol. The lowest BCUT2D eigenvalue weighted by Crippen LogP contribution is -2.13. The van der Waals surface area contributed by atoms with E-state index in [-0.39, 0.29) is 28.4 Å². The Bertz CT molecular complexity index is 439. The molecule has 86 valence electrons. The summed E-state index contributed by atoms with van der Waals surface area (Å²) in [5.41, 5.74) is 0.0373. The molecule has 1 saturated carbocycles. The van der Waals surface area contributed by atoms with Crippen LogP contribution in [0.1, 0.15) is 23.3 Å². The standard InChI is InChI=1S/C9H10ClN3O3/c1-16-9(15)6-5(10)7(13-12-6)11-8(14)4-2-3-4/h4H,2-3H2,1H3,(H2,11,12,13,14). The summed E-state index contributed by atoms with van der Waals surface area (Å²) in [6, 6.07) is 0. The molecule has 0 radical (unpaired) electrons. The molecular weight excluding hydrogens is 234 g/mol. The molecule has 16 heavy (non-hydrogen) atoms. The van der Waals surface area contributed by atoms with Crippen LogP contribution >= 0.6 is 11.6 Å². The molecule has 0 atom stereocenters. The second-order valence-corrected chi connectivity index (χ2v) is 3.89. The Morgan fingerprint density at radius 2 is 2.25 bits per heavy atom. The van der Waals surface area contributed by atoms with Crippen molar-refractivity contribution >= 4 is 29.3 Å². The summed E-state index contributed by atoms with van der Waals surface area (Å²) in [5.74, 6) is -0.525. The van der Waals surface area contributed by atoms with Gasteiger partial charge in [-0.2, -0.15) is 5.10 Å². The predicted octanol–water partition coefficient (Wildman–Crippen LogP) is 1.20. The fourth-order valence-corrected chi connectivity index (χ4v) is 1.42. The van der Waals surface area contributed by atoms with Crippen molar-refractivity contribution in [2.45, 2.75) is 12.8 Å². The minimum absolute atomic E-state index is 0.0373. The van der Waals surface area contributed by atoms with Crippen LogP contribution in [-0.4, -0.2) is 29.2 Å². The molecular formula is C9H10ClN3O3. The van der Waals surface area contributed by atoms with Crippen LogP contribution in [-0.2, 0) is 9.53 Å². The average Bonchev–Trinajstić information content (AvgIpc) is 3.06. The molecule has 7 heteroatoms. The summed E-state index contributed by atoms with van der Waals surface area (Å²) >= 11 is 5.86. The fraction of sp³-hybridized carbons (Fsp3) is 0.444. The zero-order valence-electron chi connectivity index (χ0n) is 8.54. The number of carbonyl (C=O) groups excluding carboxylic acids is 2. The summed E-state index contributed by atoms with van der Waals surface area (Å²) in [6.07, 6.45) is 1.77. The number of H-pyrrole nitrogens is 1. The van der Waals surface area contributed by atoms with Gasteiger partial charge < -0.3 is 10.1 Å². The second-order valence-electron chi connectivity index (χ2n) is 3.52. The maximum atomic E-state index is 11.4. The first-order valence-electron chi connectivity index (χ1n) is 4.76. The van der Waals surface area contributed by atoms with Gasteiger partial charge in [0.1, 0.15) is 5.02 Å². The number of aromatic amines is 1. The Morgan fingerprint density at radius 3 is 2.81 bits per heavy atom. The molecule has 6 nitrogen and oxygen atoms in total. The van der Waals surface area contributed by atoms with E-state index in [0.717, 1.165) is 12.8 Å². The normalized spacial score (nSPS) is 14.6.